The van der Waals surface area contributed by atoms with Gasteiger partial charge in [-0.1, -0.05) is 13.3 Å². The van der Waals surface area contributed by atoms with Crippen molar-refractivity contribution < 1.29 is 0 Å². The molecule has 4 rings (SSSR count). The zero-order chi connectivity index (χ0) is 13.6. The number of rotatable bonds is 3. The van der Waals surface area contributed by atoms with Crippen LogP contribution in [0, 0.1) is 17.3 Å². The largest absolute Gasteiger partial charge is 0.316 e. The average Bonchev–Trinajstić information content (AvgIpc) is 3.16. The summed E-state index contributed by atoms with van der Waals surface area (Å²) in [5.74, 6) is 2.15. The van der Waals surface area contributed by atoms with Crippen molar-refractivity contribution in [2.75, 3.05) is 45.8 Å². The minimum atomic E-state index is 0.536. The van der Waals surface area contributed by atoms with Crippen LogP contribution < -0.4 is 5.32 Å². The Labute approximate surface area is 124 Å². The van der Waals surface area contributed by atoms with Crippen LogP contribution in [0.25, 0.3) is 0 Å². The fourth-order valence-electron chi connectivity index (χ4n) is 5.45. The van der Waals surface area contributed by atoms with E-state index in [9.17, 15) is 0 Å². The predicted molar refractivity (Wildman–Crippen MR) is 82.8 cm³/mol. The van der Waals surface area contributed by atoms with Crippen molar-refractivity contribution in [2.45, 2.75) is 45.1 Å². The van der Waals surface area contributed by atoms with E-state index in [1.54, 1.807) is 6.42 Å². The van der Waals surface area contributed by atoms with Crippen LogP contribution in [0.4, 0.5) is 0 Å². The van der Waals surface area contributed by atoms with E-state index < -0.39 is 0 Å². The number of hydrogen-bond donors (Lipinski definition) is 1. The van der Waals surface area contributed by atoms with Gasteiger partial charge in [-0.2, -0.15) is 0 Å². The van der Waals surface area contributed by atoms with Crippen LogP contribution in [0.5, 0.6) is 0 Å². The molecular weight excluding hydrogens is 246 g/mol. The molecule has 2 aliphatic heterocycles. The summed E-state index contributed by atoms with van der Waals surface area (Å²) < 4.78 is 0. The average molecular weight is 277 g/mol. The van der Waals surface area contributed by atoms with Crippen LogP contribution in [-0.2, 0) is 0 Å². The molecule has 0 spiro atoms. The summed E-state index contributed by atoms with van der Waals surface area (Å²) in [6.45, 7) is 11.5. The molecule has 2 saturated carbocycles. The van der Waals surface area contributed by atoms with Crippen molar-refractivity contribution >= 4 is 0 Å². The zero-order valence-corrected chi connectivity index (χ0v) is 13.1. The van der Waals surface area contributed by atoms with Crippen LogP contribution in [-0.4, -0.2) is 61.7 Å². The Morgan fingerprint density at radius 1 is 1.10 bits per heavy atom. The molecule has 114 valence electrons. The van der Waals surface area contributed by atoms with Crippen LogP contribution in [0.3, 0.4) is 0 Å². The van der Waals surface area contributed by atoms with E-state index in [1.807, 2.05) is 0 Å². The molecule has 20 heavy (non-hydrogen) atoms. The van der Waals surface area contributed by atoms with E-state index in [1.165, 1.54) is 71.5 Å². The summed E-state index contributed by atoms with van der Waals surface area (Å²) >= 11 is 0. The Bertz CT molecular complexity index is 342. The molecule has 0 radical (unpaired) electrons. The number of nitrogens with zero attached hydrogens (tertiary/aromatic N) is 2. The third kappa shape index (κ3) is 2.53. The molecule has 2 heterocycles. The lowest BCUT2D eigenvalue weighted by atomic mass is 9.88. The quantitative estimate of drug-likeness (QED) is 0.848. The lowest BCUT2D eigenvalue weighted by Crippen LogP contribution is -2.53. The number of fused-ring (bicyclic) bond motifs is 2. The van der Waals surface area contributed by atoms with Crippen molar-refractivity contribution in [3.05, 3.63) is 0 Å². The summed E-state index contributed by atoms with van der Waals surface area (Å²) in [4.78, 5) is 5.58. The highest BCUT2D eigenvalue weighted by Gasteiger charge is 2.43. The van der Waals surface area contributed by atoms with E-state index in [0.717, 1.165) is 17.9 Å². The highest BCUT2D eigenvalue weighted by Crippen LogP contribution is 2.46. The van der Waals surface area contributed by atoms with Crippen LogP contribution in [0.2, 0.25) is 0 Å². The molecule has 3 heteroatoms. The number of piperazine rings is 1. The van der Waals surface area contributed by atoms with Gasteiger partial charge in [0.05, 0.1) is 0 Å². The van der Waals surface area contributed by atoms with Gasteiger partial charge in [0.25, 0.3) is 0 Å². The molecule has 4 unspecified atom stereocenters. The zero-order valence-electron chi connectivity index (χ0n) is 13.1. The van der Waals surface area contributed by atoms with Crippen LogP contribution in [0.15, 0.2) is 0 Å². The van der Waals surface area contributed by atoms with Crippen molar-refractivity contribution in [2.24, 2.45) is 17.3 Å². The SMILES string of the molecule is CC1(CN2CCN(C3CC4CCC3C4)CC2)CCNC1. The fraction of sp³-hybridized carbons (Fsp3) is 1.00. The molecule has 2 aliphatic carbocycles. The van der Waals surface area contributed by atoms with Gasteiger partial charge in [-0.3, -0.25) is 4.90 Å². The maximum Gasteiger partial charge on any atom is 0.0127 e. The Morgan fingerprint density at radius 2 is 1.95 bits per heavy atom. The Kier molecular flexibility index (Phi) is 3.56. The molecule has 0 amide bonds. The summed E-state index contributed by atoms with van der Waals surface area (Å²) in [6.07, 6.45) is 7.49. The molecule has 0 aromatic rings. The van der Waals surface area contributed by atoms with Crippen LogP contribution >= 0.6 is 0 Å². The van der Waals surface area contributed by atoms with Crippen molar-refractivity contribution in [1.29, 1.82) is 0 Å². The Hall–Kier alpha value is -0.120. The van der Waals surface area contributed by atoms with Gasteiger partial charge in [0, 0.05) is 45.3 Å². The second kappa shape index (κ2) is 5.26. The molecule has 2 saturated heterocycles. The molecule has 0 aromatic carbocycles. The Balaban J connectivity index is 1.28. The molecule has 4 fully saturated rings. The third-order valence-corrected chi connectivity index (χ3v) is 6.64. The van der Waals surface area contributed by atoms with E-state index in [-0.39, 0.29) is 0 Å². The first-order valence-corrected chi connectivity index (χ1v) is 8.89. The normalized spacial score (nSPS) is 46.4. The van der Waals surface area contributed by atoms with E-state index >= 15 is 0 Å². The molecular formula is C17H31N3. The van der Waals surface area contributed by atoms with Gasteiger partial charge in [0.2, 0.25) is 0 Å². The third-order valence-electron chi connectivity index (χ3n) is 6.64. The first kappa shape index (κ1) is 13.5. The van der Waals surface area contributed by atoms with Gasteiger partial charge in [-0.05, 0) is 49.5 Å². The van der Waals surface area contributed by atoms with Gasteiger partial charge in [0.15, 0.2) is 0 Å². The standard InChI is InChI=1S/C17H31N3/c1-17(4-5-18-12-17)13-19-6-8-20(9-7-19)16-11-14-2-3-15(16)10-14/h14-16,18H,2-13H2,1H3. The van der Waals surface area contributed by atoms with Gasteiger partial charge >= 0.3 is 0 Å². The topological polar surface area (TPSA) is 18.5 Å². The number of hydrogen-bond acceptors (Lipinski definition) is 3. The highest BCUT2D eigenvalue weighted by atomic mass is 15.3. The molecule has 1 N–H and O–H groups in total. The maximum atomic E-state index is 3.54. The van der Waals surface area contributed by atoms with E-state index in [4.69, 9.17) is 0 Å². The van der Waals surface area contributed by atoms with Gasteiger partial charge in [0.1, 0.15) is 0 Å². The van der Waals surface area contributed by atoms with E-state index in [2.05, 4.69) is 22.0 Å². The second-order valence-corrected chi connectivity index (χ2v) is 8.29. The van der Waals surface area contributed by atoms with Crippen LogP contribution in [0.1, 0.15) is 39.0 Å². The molecule has 2 bridgehead atoms. The minimum Gasteiger partial charge on any atom is -0.316 e. The molecule has 4 aliphatic rings. The lowest BCUT2D eigenvalue weighted by molar-refractivity contribution is 0.0536. The summed E-state index contributed by atoms with van der Waals surface area (Å²) in [6, 6.07) is 0.958. The summed E-state index contributed by atoms with van der Waals surface area (Å²) in [5, 5.41) is 3.54. The number of nitrogens with one attached hydrogen (secondary N) is 1. The minimum absolute atomic E-state index is 0.536. The monoisotopic (exact) mass is 277 g/mol. The highest BCUT2D eigenvalue weighted by molar-refractivity contribution is 4.97. The molecule has 4 atom stereocenters. The molecule has 0 aromatic heterocycles. The first-order valence-electron chi connectivity index (χ1n) is 8.89. The predicted octanol–water partition coefficient (Wildman–Crippen LogP) is 1.79. The lowest BCUT2D eigenvalue weighted by Gasteiger charge is -2.43. The van der Waals surface area contributed by atoms with Crippen molar-refractivity contribution in [3.8, 4) is 0 Å². The van der Waals surface area contributed by atoms with Crippen molar-refractivity contribution in [3.63, 3.8) is 0 Å². The smallest absolute Gasteiger partial charge is 0.0127 e. The van der Waals surface area contributed by atoms with Gasteiger partial charge in [-0.15, -0.1) is 0 Å². The van der Waals surface area contributed by atoms with E-state index in [0.29, 0.717) is 5.41 Å². The first-order chi connectivity index (χ1) is 9.72. The van der Waals surface area contributed by atoms with Gasteiger partial charge in [-0.25, -0.2) is 0 Å². The fourth-order valence-corrected chi connectivity index (χ4v) is 5.45. The maximum absolute atomic E-state index is 3.54. The second-order valence-electron chi connectivity index (χ2n) is 8.29. The Morgan fingerprint density at radius 3 is 2.55 bits per heavy atom. The van der Waals surface area contributed by atoms with Crippen molar-refractivity contribution in [1.82, 2.24) is 15.1 Å². The summed E-state index contributed by atoms with van der Waals surface area (Å²) in [7, 11) is 0. The van der Waals surface area contributed by atoms with Gasteiger partial charge < -0.3 is 10.2 Å². The summed E-state index contributed by atoms with van der Waals surface area (Å²) in [5.41, 5.74) is 0.536. The molecule has 3 nitrogen and oxygen atoms in total.